The van der Waals surface area contributed by atoms with E-state index in [2.05, 4.69) is 5.32 Å². The number of carbonyl (C=O) groups is 3. The van der Waals surface area contributed by atoms with Crippen LogP contribution in [0.4, 0.5) is 11.4 Å². The number of likely N-dealkylation sites (tertiary alicyclic amines) is 1. The Balaban J connectivity index is 1.55. The van der Waals surface area contributed by atoms with Crippen molar-refractivity contribution < 1.29 is 14.4 Å². The average Bonchev–Trinajstić information content (AvgIpc) is 3.07. The Morgan fingerprint density at radius 2 is 1.75 bits per heavy atom. The molecule has 0 saturated carbocycles. The minimum Gasteiger partial charge on any atom is -0.341 e. The fraction of sp³-hybridized carbons (Fsp3) is 0.400. The van der Waals surface area contributed by atoms with Crippen molar-refractivity contribution in [2.45, 2.75) is 49.7 Å². The third-order valence-electron chi connectivity index (χ3n) is 5.99. The van der Waals surface area contributed by atoms with Crippen LogP contribution in [0, 0.1) is 13.8 Å². The minimum absolute atomic E-state index is 0.131. The predicted molar refractivity (Wildman–Crippen MR) is 128 cm³/mol. The van der Waals surface area contributed by atoms with Gasteiger partial charge in [-0.1, -0.05) is 42.7 Å². The van der Waals surface area contributed by atoms with Crippen LogP contribution in [0.15, 0.2) is 47.4 Å². The second kappa shape index (κ2) is 9.77. The zero-order valence-corrected chi connectivity index (χ0v) is 19.4. The average molecular weight is 452 g/mol. The third kappa shape index (κ3) is 4.83. The Kier molecular flexibility index (Phi) is 6.84. The molecule has 1 fully saturated rings. The lowest BCUT2D eigenvalue weighted by atomic mass is 10.1. The van der Waals surface area contributed by atoms with Crippen molar-refractivity contribution >= 4 is 40.9 Å². The first-order valence-corrected chi connectivity index (χ1v) is 12.0. The van der Waals surface area contributed by atoms with Crippen molar-refractivity contribution in [1.82, 2.24) is 4.90 Å². The fourth-order valence-electron chi connectivity index (χ4n) is 4.28. The van der Waals surface area contributed by atoms with Gasteiger partial charge in [0.1, 0.15) is 6.54 Å². The number of amides is 3. The molecule has 168 valence electrons. The maximum Gasteiger partial charge on any atom is 0.250 e. The molecule has 32 heavy (non-hydrogen) atoms. The van der Waals surface area contributed by atoms with Gasteiger partial charge in [-0.15, -0.1) is 11.8 Å². The number of benzene rings is 2. The molecule has 1 N–H and O–H groups in total. The van der Waals surface area contributed by atoms with Gasteiger partial charge in [0.2, 0.25) is 11.8 Å². The van der Waals surface area contributed by atoms with Crippen LogP contribution in [-0.2, 0) is 14.4 Å². The normalized spacial score (nSPS) is 18.7. The van der Waals surface area contributed by atoms with Crippen molar-refractivity contribution in [3.8, 4) is 0 Å². The Bertz CT molecular complexity index is 1030. The van der Waals surface area contributed by atoms with E-state index >= 15 is 0 Å². The molecule has 3 amide bonds. The largest absolute Gasteiger partial charge is 0.341 e. The quantitative estimate of drug-likeness (QED) is 0.709. The molecule has 7 heteroatoms. The van der Waals surface area contributed by atoms with E-state index in [1.165, 1.54) is 16.7 Å². The van der Waals surface area contributed by atoms with E-state index < -0.39 is 5.25 Å². The number of fused-ring (bicyclic) bond motifs is 1. The van der Waals surface area contributed by atoms with Gasteiger partial charge in [-0.2, -0.15) is 0 Å². The lowest BCUT2D eigenvalue weighted by molar-refractivity contribution is -0.135. The van der Waals surface area contributed by atoms with Crippen LogP contribution in [-0.4, -0.2) is 47.5 Å². The van der Waals surface area contributed by atoms with E-state index in [1.807, 2.05) is 61.2 Å². The summed E-state index contributed by atoms with van der Waals surface area (Å²) < 4.78 is 0. The highest BCUT2D eigenvalue weighted by atomic mass is 32.2. The number of carbonyl (C=O) groups excluding carboxylic acids is 3. The van der Waals surface area contributed by atoms with Gasteiger partial charge < -0.3 is 15.1 Å². The second-order valence-electron chi connectivity index (χ2n) is 8.50. The fourth-order valence-corrected chi connectivity index (χ4v) is 5.47. The molecule has 0 aromatic heterocycles. The van der Waals surface area contributed by atoms with E-state index in [-0.39, 0.29) is 24.3 Å². The number of hydrogen-bond donors (Lipinski definition) is 1. The standard InChI is InChI=1S/C25H29N3O3S/c1-17-11-12-19(18(2)15-17)26-22(29)16-28-20-9-5-6-10-21(20)32-23(25(28)31)24(30)27-13-7-3-4-8-14-27/h5-6,9-12,15,23H,3-4,7-8,13-14,16H2,1-2H3,(H,26,29). The Hall–Kier alpha value is -2.80. The molecule has 2 heterocycles. The first-order chi connectivity index (χ1) is 15.4. The van der Waals surface area contributed by atoms with Gasteiger partial charge in [0.15, 0.2) is 5.25 Å². The summed E-state index contributed by atoms with van der Waals surface area (Å²) >= 11 is 1.30. The molecule has 1 saturated heterocycles. The van der Waals surface area contributed by atoms with Crippen LogP contribution in [0.3, 0.4) is 0 Å². The number of nitrogens with one attached hydrogen (secondary N) is 1. The Morgan fingerprint density at radius 1 is 1.03 bits per heavy atom. The molecule has 0 spiro atoms. The van der Waals surface area contributed by atoms with Crippen LogP contribution in [0.1, 0.15) is 36.8 Å². The zero-order valence-electron chi connectivity index (χ0n) is 18.6. The van der Waals surface area contributed by atoms with Crippen LogP contribution in [0.25, 0.3) is 0 Å². The maximum atomic E-state index is 13.4. The molecule has 1 atom stereocenters. The van der Waals surface area contributed by atoms with E-state index in [0.717, 1.165) is 47.4 Å². The SMILES string of the molecule is Cc1ccc(NC(=O)CN2C(=O)C(C(=O)N3CCCCCC3)Sc3ccccc32)c(C)c1. The smallest absolute Gasteiger partial charge is 0.250 e. The molecule has 0 aliphatic carbocycles. The van der Waals surface area contributed by atoms with Gasteiger partial charge in [-0.25, -0.2) is 0 Å². The zero-order chi connectivity index (χ0) is 22.7. The highest BCUT2D eigenvalue weighted by molar-refractivity contribution is 8.01. The summed E-state index contributed by atoms with van der Waals surface area (Å²) in [4.78, 5) is 43.7. The summed E-state index contributed by atoms with van der Waals surface area (Å²) in [7, 11) is 0. The molecule has 2 aromatic rings. The van der Waals surface area contributed by atoms with Crippen molar-refractivity contribution in [3.05, 3.63) is 53.6 Å². The van der Waals surface area contributed by atoms with Crippen LogP contribution >= 0.6 is 11.8 Å². The number of hydrogen-bond acceptors (Lipinski definition) is 4. The monoisotopic (exact) mass is 451 g/mol. The van der Waals surface area contributed by atoms with E-state index in [4.69, 9.17) is 0 Å². The molecule has 2 aliphatic rings. The number of para-hydroxylation sites is 1. The number of aryl methyl sites for hydroxylation is 2. The number of anilines is 2. The highest BCUT2D eigenvalue weighted by Crippen LogP contribution is 2.40. The second-order valence-corrected chi connectivity index (χ2v) is 9.64. The molecular formula is C25H29N3O3S. The molecule has 0 radical (unpaired) electrons. The molecule has 6 nitrogen and oxygen atoms in total. The summed E-state index contributed by atoms with van der Waals surface area (Å²) in [6.45, 7) is 5.20. The van der Waals surface area contributed by atoms with Crippen molar-refractivity contribution in [1.29, 1.82) is 0 Å². The molecule has 1 unspecified atom stereocenters. The number of nitrogens with zero attached hydrogens (tertiary/aromatic N) is 2. The van der Waals surface area contributed by atoms with Crippen molar-refractivity contribution in [2.75, 3.05) is 29.9 Å². The topological polar surface area (TPSA) is 69.7 Å². The van der Waals surface area contributed by atoms with E-state index in [9.17, 15) is 14.4 Å². The van der Waals surface area contributed by atoms with Gasteiger partial charge in [0.25, 0.3) is 5.91 Å². The van der Waals surface area contributed by atoms with Gasteiger partial charge >= 0.3 is 0 Å². The minimum atomic E-state index is -0.850. The Labute approximate surface area is 193 Å². The van der Waals surface area contributed by atoms with Gasteiger partial charge in [-0.3, -0.25) is 14.4 Å². The highest BCUT2D eigenvalue weighted by Gasteiger charge is 2.40. The number of rotatable bonds is 4. The molecule has 2 aliphatic heterocycles. The first kappa shape index (κ1) is 22.4. The van der Waals surface area contributed by atoms with Gasteiger partial charge in [-0.05, 0) is 50.5 Å². The molecular weight excluding hydrogens is 422 g/mol. The van der Waals surface area contributed by atoms with Crippen LogP contribution in [0.5, 0.6) is 0 Å². The lowest BCUT2D eigenvalue weighted by Crippen LogP contribution is -2.51. The van der Waals surface area contributed by atoms with Gasteiger partial charge in [0, 0.05) is 23.7 Å². The third-order valence-corrected chi connectivity index (χ3v) is 7.23. The molecule has 4 rings (SSSR count). The maximum absolute atomic E-state index is 13.4. The molecule has 0 bridgehead atoms. The van der Waals surface area contributed by atoms with Crippen LogP contribution in [0.2, 0.25) is 0 Å². The summed E-state index contributed by atoms with van der Waals surface area (Å²) in [6.07, 6.45) is 4.16. The summed E-state index contributed by atoms with van der Waals surface area (Å²) in [6, 6.07) is 13.3. The Morgan fingerprint density at radius 3 is 2.47 bits per heavy atom. The first-order valence-electron chi connectivity index (χ1n) is 11.2. The van der Waals surface area contributed by atoms with Crippen molar-refractivity contribution in [3.63, 3.8) is 0 Å². The summed E-state index contributed by atoms with van der Waals surface area (Å²) in [5.74, 6) is -0.747. The summed E-state index contributed by atoms with van der Waals surface area (Å²) in [5.41, 5.74) is 3.49. The summed E-state index contributed by atoms with van der Waals surface area (Å²) in [5, 5.41) is 2.07. The van der Waals surface area contributed by atoms with E-state index in [1.54, 1.807) is 0 Å². The van der Waals surface area contributed by atoms with Crippen LogP contribution < -0.4 is 10.2 Å². The van der Waals surface area contributed by atoms with E-state index in [0.29, 0.717) is 18.8 Å². The van der Waals surface area contributed by atoms with Crippen molar-refractivity contribution in [2.24, 2.45) is 0 Å². The molecule has 2 aromatic carbocycles. The predicted octanol–water partition coefficient (Wildman–Crippen LogP) is 4.15. The lowest BCUT2D eigenvalue weighted by Gasteiger charge is -2.34. The number of thioether (sulfide) groups is 1. The van der Waals surface area contributed by atoms with Gasteiger partial charge in [0.05, 0.1) is 5.69 Å².